The lowest BCUT2D eigenvalue weighted by atomic mass is 9.84. The van der Waals surface area contributed by atoms with Crippen LogP contribution in [0.2, 0.25) is 0 Å². The summed E-state index contributed by atoms with van der Waals surface area (Å²) in [5, 5.41) is 3.31. The normalized spacial score (nSPS) is 22.8. The number of fused-ring (bicyclic) bond motifs is 2. The summed E-state index contributed by atoms with van der Waals surface area (Å²) < 4.78 is 0. The Kier molecular flexibility index (Phi) is 2.25. The van der Waals surface area contributed by atoms with Gasteiger partial charge in [0.1, 0.15) is 0 Å². The number of allylic oxidation sites excluding steroid dienone is 1. The predicted octanol–water partition coefficient (Wildman–Crippen LogP) is 2.44. The summed E-state index contributed by atoms with van der Waals surface area (Å²) in [6.07, 6.45) is 0.500. The van der Waals surface area contributed by atoms with Crippen molar-refractivity contribution in [3.8, 4) is 0 Å². The van der Waals surface area contributed by atoms with Gasteiger partial charge in [-0.15, -0.1) is 11.6 Å². The minimum Gasteiger partial charge on any atom is -0.387 e. The van der Waals surface area contributed by atoms with Gasteiger partial charge in [-0.1, -0.05) is 24.3 Å². The monoisotopic (exact) mass is 233 g/mol. The summed E-state index contributed by atoms with van der Waals surface area (Å²) >= 11 is 5.97. The van der Waals surface area contributed by atoms with Crippen molar-refractivity contribution in [3.05, 3.63) is 41.1 Å². The van der Waals surface area contributed by atoms with Gasteiger partial charge in [0.15, 0.2) is 5.78 Å². The molecular weight excluding hydrogens is 222 g/mol. The fraction of sp³-hybridized carbons (Fsp3) is 0.308. The minimum atomic E-state index is 0.206. The van der Waals surface area contributed by atoms with Crippen molar-refractivity contribution in [1.29, 1.82) is 0 Å². The molecule has 1 aliphatic heterocycles. The smallest absolute Gasteiger partial charge is 0.169 e. The van der Waals surface area contributed by atoms with Crippen molar-refractivity contribution >= 4 is 23.0 Å². The van der Waals surface area contributed by atoms with Gasteiger partial charge < -0.3 is 5.32 Å². The Labute approximate surface area is 99.3 Å². The lowest BCUT2D eigenvalue weighted by Gasteiger charge is -2.19. The van der Waals surface area contributed by atoms with Crippen LogP contribution in [0.1, 0.15) is 22.3 Å². The number of rotatable bonds is 1. The Morgan fingerprint density at radius 2 is 2.06 bits per heavy atom. The van der Waals surface area contributed by atoms with Crippen molar-refractivity contribution in [1.82, 2.24) is 5.32 Å². The summed E-state index contributed by atoms with van der Waals surface area (Å²) in [4.78, 5) is 11.9. The molecule has 0 amide bonds. The van der Waals surface area contributed by atoms with E-state index in [9.17, 15) is 4.79 Å². The van der Waals surface area contributed by atoms with Crippen LogP contribution in [-0.4, -0.2) is 18.2 Å². The van der Waals surface area contributed by atoms with E-state index in [1.54, 1.807) is 0 Å². The molecule has 3 rings (SSSR count). The number of hydrogen-bond donors (Lipinski definition) is 1. The molecular formula is C13H12ClNO. The second-order valence-electron chi connectivity index (χ2n) is 4.27. The van der Waals surface area contributed by atoms with Gasteiger partial charge in [0.05, 0.1) is 6.42 Å². The third-order valence-corrected chi connectivity index (χ3v) is 3.71. The Morgan fingerprint density at radius 3 is 2.81 bits per heavy atom. The molecule has 2 nitrogen and oxygen atoms in total. The molecule has 0 saturated carbocycles. The molecule has 0 unspecified atom stereocenters. The molecule has 0 aromatic heterocycles. The number of nitrogens with one attached hydrogen (secondary N) is 1. The van der Waals surface area contributed by atoms with Crippen LogP contribution in [0.15, 0.2) is 30.0 Å². The summed E-state index contributed by atoms with van der Waals surface area (Å²) in [6.45, 7) is 0.857. The fourth-order valence-corrected chi connectivity index (χ4v) is 2.84. The summed E-state index contributed by atoms with van der Waals surface area (Å²) in [5.74, 6) is 1.15. The molecule has 1 N–H and O–H groups in total. The Morgan fingerprint density at radius 1 is 1.31 bits per heavy atom. The van der Waals surface area contributed by atoms with Crippen LogP contribution >= 0.6 is 11.6 Å². The first-order valence-electron chi connectivity index (χ1n) is 5.46. The molecule has 0 bridgehead atoms. The van der Waals surface area contributed by atoms with E-state index in [2.05, 4.69) is 5.32 Å². The molecule has 1 aromatic rings. The zero-order chi connectivity index (χ0) is 11.1. The van der Waals surface area contributed by atoms with Gasteiger partial charge in [0.2, 0.25) is 0 Å². The van der Waals surface area contributed by atoms with Crippen molar-refractivity contribution in [2.45, 2.75) is 6.42 Å². The van der Waals surface area contributed by atoms with Gasteiger partial charge in [-0.25, -0.2) is 0 Å². The topological polar surface area (TPSA) is 29.1 Å². The highest BCUT2D eigenvalue weighted by atomic mass is 35.5. The molecule has 16 heavy (non-hydrogen) atoms. The van der Waals surface area contributed by atoms with Crippen LogP contribution in [0.4, 0.5) is 0 Å². The number of Topliss-reactive ketones (excluding diaryl/α,β-unsaturated/α-hetero) is 1. The summed E-state index contributed by atoms with van der Waals surface area (Å²) in [5.41, 5.74) is 4.25. The average molecular weight is 234 g/mol. The van der Waals surface area contributed by atoms with E-state index in [4.69, 9.17) is 11.6 Å². The lowest BCUT2D eigenvalue weighted by Crippen LogP contribution is -2.15. The largest absolute Gasteiger partial charge is 0.387 e. The molecule has 1 heterocycles. The third-order valence-electron chi connectivity index (χ3n) is 3.34. The first-order valence-corrected chi connectivity index (χ1v) is 6.00. The van der Waals surface area contributed by atoms with Gasteiger partial charge in [0.25, 0.3) is 0 Å². The van der Waals surface area contributed by atoms with Gasteiger partial charge in [0, 0.05) is 29.6 Å². The Balaban J connectivity index is 2.18. The van der Waals surface area contributed by atoms with Crippen LogP contribution < -0.4 is 5.32 Å². The molecule has 1 aromatic carbocycles. The number of alkyl halides is 1. The molecule has 0 fully saturated rings. The summed E-state index contributed by atoms with van der Waals surface area (Å²) in [6, 6.07) is 7.82. The van der Waals surface area contributed by atoms with Crippen molar-refractivity contribution in [2.24, 2.45) is 5.92 Å². The first-order chi connectivity index (χ1) is 7.81. The Bertz CT molecular complexity index is 492. The van der Waals surface area contributed by atoms with Crippen molar-refractivity contribution in [3.63, 3.8) is 0 Å². The van der Waals surface area contributed by atoms with E-state index in [0.717, 1.165) is 23.4 Å². The van der Waals surface area contributed by atoms with Crippen LogP contribution in [-0.2, 0) is 0 Å². The van der Waals surface area contributed by atoms with E-state index in [-0.39, 0.29) is 5.78 Å². The van der Waals surface area contributed by atoms with Gasteiger partial charge in [-0.2, -0.15) is 0 Å². The van der Waals surface area contributed by atoms with E-state index in [1.807, 2.05) is 24.3 Å². The van der Waals surface area contributed by atoms with Gasteiger partial charge in [-0.3, -0.25) is 4.79 Å². The maximum atomic E-state index is 11.9. The van der Waals surface area contributed by atoms with Gasteiger partial charge >= 0.3 is 0 Å². The second kappa shape index (κ2) is 3.63. The van der Waals surface area contributed by atoms with Crippen LogP contribution in [0, 0.1) is 5.92 Å². The highest BCUT2D eigenvalue weighted by Gasteiger charge is 2.32. The van der Waals surface area contributed by atoms with Crippen LogP contribution in [0.5, 0.6) is 0 Å². The second-order valence-corrected chi connectivity index (χ2v) is 4.58. The molecule has 3 heteroatoms. The van der Waals surface area contributed by atoms with Crippen molar-refractivity contribution < 1.29 is 4.79 Å². The van der Waals surface area contributed by atoms with Gasteiger partial charge in [-0.05, 0) is 11.1 Å². The zero-order valence-electron chi connectivity index (χ0n) is 8.79. The van der Waals surface area contributed by atoms with E-state index in [1.165, 1.54) is 5.57 Å². The number of benzene rings is 1. The molecule has 0 saturated heterocycles. The quantitative estimate of drug-likeness (QED) is 0.755. The van der Waals surface area contributed by atoms with E-state index < -0.39 is 0 Å². The average Bonchev–Trinajstić information content (AvgIpc) is 2.72. The van der Waals surface area contributed by atoms with Crippen molar-refractivity contribution in [2.75, 3.05) is 12.4 Å². The first kappa shape index (κ1) is 9.91. The molecule has 1 aliphatic carbocycles. The number of carbonyl (C=O) groups excluding carboxylic acids is 1. The predicted molar refractivity (Wildman–Crippen MR) is 64.5 cm³/mol. The van der Waals surface area contributed by atoms with E-state index in [0.29, 0.717) is 18.2 Å². The summed E-state index contributed by atoms with van der Waals surface area (Å²) in [7, 11) is 0. The molecule has 0 radical (unpaired) electrons. The SMILES string of the molecule is O=C1CC2=C(c3ccccc31)[C@H](CCl)CN2. The highest BCUT2D eigenvalue weighted by Crippen LogP contribution is 2.38. The number of hydrogen-bond acceptors (Lipinski definition) is 2. The number of ketones is 1. The molecule has 2 aliphatic rings. The number of carbonyl (C=O) groups is 1. The van der Waals surface area contributed by atoms with E-state index >= 15 is 0 Å². The van der Waals surface area contributed by atoms with Crippen LogP contribution in [0.3, 0.4) is 0 Å². The standard InChI is InChI=1S/C13H12ClNO/c14-6-8-7-15-11-5-12(16)9-3-1-2-4-10(9)13(8)11/h1-4,8,15H,5-7H2/t8-/m1/s1. The molecule has 0 spiro atoms. The zero-order valence-corrected chi connectivity index (χ0v) is 9.55. The Hall–Kier alpha value is -1.28. The fourth-order valence-electron chi connectivity index (χ4n) is 2.58. The molecule has 1 atom stereocenters. The van der Waals surface area contributed by atoms with Crippen LogP contribution in [0.25, 0.3) is 5.57 Å². The highest BCUT2D eigenvalue weighted by molar-refractivity contribution is 6.19. The third kappa shape index (κ3) is 1.30. The maximum Gasteiger partial charge on any atom is 0.169 e. The number of halogens is 1. The maximum absolute atomic E-state index is 11.9. The lowest BCUT2D eigenvalue weighted by molar-refractivity contribution is 0.0990. The molecule has 82 valence electrons. The minimum absolute atomic E-state index is 0.206.